The summed E-state index contributed by atoms with van der Waals surface area (Å²) in [5.74, 6) is 0.547. The molecule has 4 rings (SSSR count). The molecule has 1 amide bonds. The lowest BCUT2D eigenvalue weighted by atomic mass is 9.91. The predicted molar refractivity (Wildman–Crippen MR) is 88.2 cm³/mol. The maximum Gasteiger partial charge on any atom is 0.412 e. The van der Waals surface area contributed by atoms with Gasteiger partial charge < -0.3 is 4.74 Å². The Hall–Kier alpha value is -3.22. The number of carbonyl (C=O) groups is 1. The lowest BCUT2D eigenvalue weighted by Gasteiger charge is -2.32. The first kappa shape index (κ1) is 14.4. The molecular formula is C17H15N5O2. The molecule has 2 heterocycles. The van der Waals surface area contributed by atoms with Crippen LogP contribution in [0.15, 0.2) is 42.5 Å². The molecule has 0 saturated carbocycles. The van der Waals surface area contributed by atoms with Gasteiger partial charge in [-0.15, -0.1) is 10.2 Å². The van der Waals surface area contributed by atoms with Crippen molar-refractivity contribution in [3.63, 3.8) is 0 Å². The Balaban J connectivity index is 1.79. The van der Waals surface area contributed by atoms with Crippen LogP contribution in [0.5, 0.6) is 0 Å². The van der Waals surface area contributed by atoms with E-state index in [1.165, 1.54) is 0 Å². The quantitative estimate of drug-likeness (QED) is 0.755. The van der Waals surface area contributed by atoms with Crippen LogP contribution < -0.4 is 5.32 Å². The molecule has 0 atom stereocenters. The topological polar surface area (TPSA) is 92.8 Å². The molecule has 2 aromatic carbocycles. The molecule has 0 fully saturated rings. The third kappa shape index (κ3) is 2.40. The number of ether oxygens (including phenoxy) is 1. The van der Waals surface area contributed by atoms with E-state index in [4.69, 9.17) is 4.74 Å². The van der Waals surface area contributed by atoms with Crippen molar-refractivity contribution in [1.82, 2.24) is 20.6 Å². The molecule has 0 bridgehead atoms. The first-order valence-electron chi connectivity index (χ1n) is 7.52. The summed E-state index contributed by atoms with van der Waals surface area (Å²) in [7, 11) is 0. The fourth-order valence-corrected chi connectivity index (χ4v) is 2.88. The molecule has 1 aliphatic heterocycles. The van der Waals surface area contributed by atoms with Crippen LogP contribution in [0.4, 0.5) is 10.5 Å². The Morgan fingerprint density at radius 3 is 2.62 bits per heavy atom. The lowest BCUT2D eigenvalue weighted by Crippen LogP contribution is -2.34. The number of benzene rings is 2. The third-order valence-corrected chi connectivity index (χ3v) is 4.05. The summed E-state index contributed by atoms with van der Waals surface area (Å²) < 4.78 is 5.39. The number of fused-ring (bicyclic) bond motifs is 1. The van der Waals surface area contributed by atoms with E-state index in [9.17, 15) is 4.79 Å². The smallest absolute Gasteiger partial charge is 0.412 e. The monoisotopic (exact) mass is 321 g/mol. The molecule has 0 aliphatic carbocycles. The second-order valence-electron chi connectivity index (χ2n) is 6.10. The zero-order valence-electron chi connectivity index (χ0n) is 13.2. The van der Waals surface area contributed by atoms with Gasteiger partial charge >= 0.3 is 6.09 Å². The highest BCUT2D eigenvalue weighted by atomic mass is 16.6. The van der Waals surface area contributed by atoms with Crippen LogP contribution in [0.2, 0.25) is 0 Å². The lowest BCUT2D eigenvalue weighted by molar-refractivity contribution is 0.0421. The van der Waals surface area contributed by atoms with Gasteiger partial charge in [0.15, 0.2) is 0 Å². The molecule has 24 heavy (non-hydrogen) atoms. The molecule has 0 spiro atoms. The van der Waals surface area contributed by atoms with Gasteiger partial charge in [-0.2, -0.15) is 5.21 Å². The van der Waals surface area contributed by atoms with Gasteiger partial charge in [-0.05, 0) is 48.4 Å². The summed E-state index contributed by atoms with van der Waals surface area (Å²) in [6.07, 6.45) is -0.431. The summed E-state index contributed by atoms with van der Waals surface area (Å²) >= 11 is 0. The number of amides is 1. The van der Waals surface area contributed by atoms with Gasteiger partial charge in [0.25, 0.3) is 0 Å². The molecule has 0 radical (unpaired) electrons. The fourth-order valence-electron chi connectivity index (χ4n) is 2.88. The predicted octanol–water partition coefficient (Wildman–Crippen LogP) is 3.33. The number of nitrogens with zero attached hydrogens (tertiary/aromatic N) is 3. The number of H-pyrrole nitrogens is 1. The number of hydrogen-bond acceptors (Lipinski definition) is 5. The van der Waals surface area contributed by atoms with Crippen LogP contribution in [-0.2, 0) is 10.3 Å². The Kier molecular flexibility index (Phi) is 3.09. The number of anilines is 1. The largest absolute Gasteiger partial charge is 0.438 e. The minimum atomic E-state index is -0.682. The van der Waals surface area contributed by atoms with Crippen molar-refractivity contribution in [2.45, 2.75) is 19.4 Å². The van der Waals surface area contributed by atoms with E-state index in [2.05, 4.69) is 25.9 Å². The van der Waals surface area contributed by atoms with E-state index in [1.807, 2.05) is 56.3 Å². The van der Waals surface area contributed by atoms with Crippen molar-refractivity contribution >= 4 is 11.8 Å². The van der Waals surface area contributed by atoms with E-state index < -0.39 is 11.7 Å². The number of carbonyl (C=O) groups excluding carboxylic acids is 1. The second-order valence-corrected chi connectivity index (χ2v) is 6.10. The van der Waals surface area contributed by atoms with Crippen molar-refractivity contribution in [3.8, 4) is 22.5 Å². The van der Waals surface area contributed by atoms with Crippen molar-refractivity contribution in [1.29, 1.82) is 0 Å². The van der Waals surface area contributed by atoms with Gasteiger partial charge in [0, 0.05) is 11.1 Å². The number of tetrazole rings is 1. The second kappa shape index (κ2) is 5.16. The molecule has 2 N–H and O–H groups in total. The van der Waals surface area contributed by atoms with Gasteiger partial charge in [0.2, 0.25) is 5.82 Å². The van der Waals surface area contributed by atoms with Crippen LogP contribution in [-0.4, -0.2) is 26.7 Å². The van der Waals surface area contributed by atoms with Crippen LogP contribution in [0.1, 0.15) is 19.4 Å². The number of aromatic amines is 1. The summed E-state index contributed by atoms with van der Waals surface area (Å²) in [5.41, 5.74) is 3.94. The number of cyclic esters (lactones) is 1. The molecule has 1 aliphatic rings. The number of nitrogens with one attached hydrogen (secondary N) is 2. The molecule has 3 aromatic rings. The highest BCUT2D eigenvalue weighted by Gasteiger charge is 2.33. The molecular weight excluding hydrogens is 306 g/mol. The van der Waals surface area contributed by atoms with E-state index in [1.54, 1.807) is 0 Å². The maximum absolute atomic E-state index is 11.6. The Morgan fingerprint density at radius 1 is 1.04 bits per heavy atom. The van der Waals surface area contributed by atoms with Gasteiger partial charge in [-0.1, -0.05) is 24.3 Å². The van der Waals surface area contributed by atoms with E-state index in [-0.39, 0.29) is 0 Å². The zero-order valence-corrected chi connectivity index (χ0v) is 13.2. The Bertz CT molecular complexity index is 918. The Morgan fingerprint density at radius 2 is 1.83 bits per heavy atom. The minimum Gasteiger partial charge on any atom is -0.438 e. The van der Waals surface area contributed by atoms with Crippen LogP contribution in [0.25, 0.3) is 22.5 Å². The van der Waals surface area contributed by atoms with Gasteiger partial charge in [0.1, 0.15) is 5.60 Å². The highest BCUT2D eigenvalue weighted by Crippen LogP contribution is 2.38. The van der Waals surface area contributed by atoms with Crippen molar-refractivity contribution in [2.75, 3.05) is 5.32 Å². The first-order valence-corrected chi connectivity index (χ1v) is 7.52. The zero-order chi connectivity index (χ0) is 16.7. The molecule has 120 valence electrons. The number of rotatable bonds is 2. The molecule has 7 nitrogen and oxygen atoms in total. The third-order valence-electron chi connectivity index (χ3n) is 4.05. The molecule has 0 saturated heterocycles. The maximum atomic E-state index is 11.6. The SMILES string of the molecule is CC1(C)OC(=O)Nc2ccc(-c3cccc(-c4nn[nH]n4)c3)cc21. The van der Waals surface area contributed by atoms with Crippen molar-refractivity contribution in [3.05, 3.63) is 48.0 Å². The highest BCUT2D eigenvalue weighted by molar-refractivity contribution is 5.89. The van der Waals surface area contributed by atoms with Crippen molar-refractivity contribution < 1.29 is 9.53 Å². The van der Waals surface area contributed by atoms with Crippen LogP contribution in [0, 0.1) is 0 Å². The minimum absolute atomic E-state index is 0.431. The van der Waals surface area contributed by atoms with E-state index in [0.717, 1.165) is 27.9 Å². The summed E-state index contributed by atoms with van der Waals surface area (Å²) in [6, 6.07) is 13.8. The van der Waals surface area contributed by atoms with E-state index >= 15 is 0 Å². The summed E-state index contributed by atoms with van der Waals surface area (Å²) in [4.78, 5) is 11.6. The summed E-state index contributed by atoms with van der Waals surface area (Å²) in [5, 5.41) is 16.8. The average Bonchev–Trinajstić information content (AvgIpc) is 3.08. The van der Waals surface area contributed by atoms with Gasteiger partial charge in [-0.25, -0.2) is 4.79 Å². The van der Waals surface area contributed by atoms with Gasteiger partial charge in [-0.3, -0.25) is 5.32 Å². The Labute approximate surface area is 138 Å². The first-order chi connectivity index (χ1) is 11.5. The molecule has 7 heteroatoms. The summed E-state index contributed by atoms with van der Waals surface area (Å²) in [6.45, 7) is 3.76. The fraction of sp³-hybridized carbons (Fsp3) is 0.176. The van der Waals surface area contributed by atoms with Crippen molar-refractivity contribution in [2.24, 2.45) is 0 Å². The number of hydrogen-bond donors (Lipinski definition) is 2. The standard InChI is InChI=1S/C17H15N5O2/c1-17(2)13-9-11(6-7-14(13)18-16(23)24-17)10-4-3-5-12(8-10)15-19-21-22-20-15/h3-9H,1-2H3,(H,18,23)(H,19,20,21,22). The average molecular weight is 321 g/mol. The van der Waals surface area contributed by atoms with Crippen LogP contribution >= 0.6 is 0 Å². The van der Waals surface area contributed by atoms with Crippen LogP contribution in [0.3, 0.4) is 0 Å². The normalized spacial score (nSPS) is 15.3. The number of aromatic nitrogens is 4. The molecule has 0 unspecified atom stereocenters. The van der Waals surface area contributed by atoms with E-state index in [0.29, 0.717) is 5.82 Å². The van der Waals surface area contributed by atoms with Gasteiger partial charge in [0.05, 0.1) is 5.69 Å². The molecule has 1 aromatic heterocycles.